The topological polar surface area (TPSA) is 41.6 Å². The molecule has 1 fully saturated rings. The molecule has 4 nitrogen and oxygen atoms in total. The van der Waals surface area contributed by atoms with Gasteiger partial charge in [-0.15, -0.1) is 0 Å². The number of ether oxygens (including phenoxy) is 1. The molecule has 4 heteroatoms. The summed E-state index contributed by atoms with van der Waals surface area (Å²) >= 11 is 0. The normalized spacial score (nSPS) is 17.8. The average molecular weight is 290 g/mol. The van der Waals surface area contributed by atoms with Gasteiger partial charge in [-0.05, 0) is 50.6 Å². The zero-order valence-electron chi connectivity index (χ0n) is 13.1. The van der Waals surface area contributed by atoms with E-state index in [9.17, 15) is 4.79 Å². The van der Waals surface area contributed by atoms with Gasteiger partial charge in [-0.3, -0.25) is 9.69 Å². The Kier molecular flexibility index (Phi) is 6.05. The van der Waals surface area contributed by atoms with E-state index in [2.05, 4.69) is 10.2 Å². The second-order valence-corrected chi connectivity index (χ2v) is 5.70. The van der Waals surface area contributed by atoms with E-state index in [4.69, 9.17) is 4.74 Å². The average Bonchev–Trinajstić information content (AvgIpc) is 2.81. The number of benzene rings is 1. The fraction of sp³-hybridized carbons (Fsp3) is 0.588. The van der Waals surface area contributed by atoms with E-state index >= 15 is 0 Å². The lowest BCUT2D eigenvalue weighted by Gasteiger charge is -2.26. The highest BCUT2D eigenvalue weighted by molar-refractivity contribution is 5.81. The number of methoxy groups -OCH3 is 1. The minimum absolute atomic E-state index is 0.0475. The fourth-order valence-corrected chi connectivity index (χ4v) is 2.77. The monoisotopic (exact) mass is 290 g/mol. The maximum atomic E-state index is 12.3. The van der Waals surface area contributed by atoms with Gasteiger partial charge in [-0.2, -0.15) is 0 Å². The molecule has 1 saturated heterocycles. The first-order chi connectivity index (χ1) is 10.2. The highest BCUT2D eigenvalue weighted by Gasteiger charge is 2.21. The molecular weight excluding hydrogens is 264 g/mol. The number of nitrogens with zero attached hydrogens (tertiary/aromatic N) is 1. The quantitative estimate of drug-likeness (QED) is 0.906. The van der Waals surface area contributed by atoms with Crippen LogP contribution in [-0.4, -0.2) is 37.0 Å². The Morgan fingerprint density at radius 1 is 1.29 bits per heavy atom. The van der Waals surface area contributed by atoms with Crippen molar-refractivity contribution in [3.05, 3.63) is 29.8 Å². The maximum Gasteiger partial charge on any atom is 0.237 e. The molecule has 2 rings (SSSR count). The van der Waals surface area contributed by atoms with Crippen molar-refractivity contribution in [3.63, 3.8) is 0 Å². The van der Waals surface area contributed by atoms with E-state index in [1.54, 1.807) is 7.11 Å². The summed E-state index contributed by atoms with van der Waals surface area (Å²) < 4.78 is 5.20. The predicted molar refractivity (Wildman–Crippen MR) is 84.3 cm³/mol. The summed E-state index contributed by atoms with van der Waals surface area (Å²) in [6.07, 6.45) is 4.98. The molecule has 0 bridgehead atoms. The highest BCUT2D eigenvalue weighted by atomic mass is 16.5. The number of carbonyl (C=O) groups is 1. The molecule has 1 atom stereocenters. The molecule has 0 aromatic heterocycles. The number of rotatable bonds is 5. The van der Waals surface area contributed by atoms with Crippen LogP contribution in [0.1, 0.15) is 38.2 Å². The predicted octanol–water partition coefficient (Wildman–Crippen LogP) is 2.58. The number of likely N-dealkylation sites (tertiary alicyclic amines) is 1. The van der Waals surface area contributed by atoms with Crippen LogP contribution in [0.25, 0.3) is 0 Å². The number of carbonyl (C=O) groups excluding carboxylic acids is 1. The van der Waals surface area contributed by atoms with Crippen molar-refractivity contribution >= 4 is 5.91 Å². The summed E-state index contributed by atoms with van der Waals surface area (Å²) in [6, 6.07) is 7.76. The molecule has 116 valence electrons. The molecule has 0 radical (unpaired) electrons. The van der Waals surface area contributed by atoms with Gasteiger partial charge in [0.2, 0.25) is 5.91 Å². The third-order valence-corrected chi connectivity index (χ3v) is 4.17. The van der Waals surface area contributed by atoms with E-state index in [0.29, 0.717) is 6.54 Å². The van der Waals surface area contributed by atoms with E-state index in [-0.39, 0.29) is 11.9 Å². The standard InChI is InChI=1S/C17H26N2O2/c1-14(19-10-5-3-4-6-11-19)17(20)18-13-15-8-7-9-16(12-15)21-2/h7-9,12,14H,3-6,10-11,13H2,1-2H3,(H,18,20)/t14-/m0/s1. The van der Waals surface area contributed by atoms with Crippen LogP contribution in [0.4, 0.5) is 0 Å². The lowest BCUT2D eigenvalue weighted by molar-refractivity contribution is -0.126. The number of hydrogen-bond acceptors (Lipinski definition) is 3. The molecule has 1 N–H and O–H groups in total. The molecule has 1 aliphatic rings. The van der Waals surface area contributed by atoms with Crippen molar-refractivity contribution in [1.29, 1.82) is 0 Å². The van der Waals surface area contributed by atoms with Gasteiger partial charge in [0.05, 0.1) is 13.2 Å². The van der Waals surface area contributed by atoms with E-state index in [1.807, 2.05) is 31.2 Å². The number of nitrogens with one attached hydrogen (secondary N) is 1. The highest BCUT2D eigenvalue weighted by Crippen LogP contribution is 2.14. The molecule has 1 amide bonds. The lowest BCUT2D eigenvalue weighted by atomic mass is 10.2. The lowest BCUT2D eigenvalue weighted by Crippen LogP contribution is -2.45. The zero-order valence-corrected chi connectivity index (χ0v) is 13.1. The van der Waals surface area contributed by atoms with Crippen LogP contribution in [0.15, 0.2) is 24.3 Å². The van der Waals surface area contributed by atoms with Gasteiger partial charge < -0.3 is 10.1 Å². The van der Waals surface area contributed by atoms with E-state index in [0.717, 1.165) is 24.4 Å². The van der Waals surface area contributed by atoms with Crippen molar-refractivity contribution in [2.24, 2.45) is 0 Å². The van der Waals surface area contributed by atoms with Crippen LogP contribution in [0, 0.1) is 0 Å². The van der Waals surface area contributed by atoms with Crippen molar-refractivity contribution in [2.45, 2.75) is 45.2 Å². The fourth-order valence-electron chi connectivity index (χ4n) is 2.77. The van der Waals surface area contributed by atoms with Gasteiger partial charge in [-0.25, -0.2) is 0 Å². The summed E-state index contributed by atoms with van der Waals surface area (Å²) in [6.45, 7) is 4.63. The second-order valence-electron chi connectivity index (χ2n) is 5.70. The summed E-state index contributed by atoms with van der Waals surface area (Å²) in [5.74, 6) is 0.932. The smallest absolute Gasteiger partial charge is 0.237 e. The van der Waals surface area contributed by atoms with Crippen LogP contribution in [0.3, 0.4) is 0 Å². The van der Waals surface area contributed by atoms with Gasteiger partial charge in [-0.1, -0.05) is 25.0 Å². The minimum atomic E-state index is -0.0475. The minimum Gasteiger partial charge on any atom is -0.497 e. The van der Waals surface area contributed by atoms with Crippen LogP contribution >= 0.6 is 0 Å². The summed E-state index contributed by atoms with van der Waals surface area (Å²) in [7, 11) is 1.65. The third kappa shape index (κ3) is 4.74. The van der Waals surface area contributed by atoms with Crippen molar-refractivity contribution in [3.8, 4) is 5.75 Å². The summed E-state index contributed by atoms with van der Waals surface area (Å²) in [5, 5.41) is 3.03. The van der Waals surface area contributed by atoms with Crippen molar-refractivity contribution < 1.29 is 9.53 Å². The molecule has 0 spiro atoms. The first-order valence-electron chi connectivity index (χ1n) is 7.85. The Labute approximate surface area is 127 Å². The van der Waals surface area contributed by atoms with Crippen LogP contribution in [-0.2, 0) is 11.3 Å². The summed E-state index contributed by atoms with van der Waals surface area (Å²) in [5.41, 5.74) is 1.06. The Morgan fingerprint density at radius 2 is 2.00 bits per heavy atom. The number of amides is 1. The maximum absolute atomic E-state index is 12.3. The Hall–Kier alpha value is -1.55. The second kappa shape index (κ2) is 8.03. The first-order valence-corrected chi connectivity index (χ1v) is 7.85. The molecule has 0 unspecified atom stereocenters. The van der Waals surface area contributed by atoms with E-state index < -0.39 is 0 Å². The zero-order chi connectivity index (χ0) is 15.1. The SMILES string of the molecule is COc1cccc(CNC(=O)[C@H](C)N2CCCCCC2)c1. The molecular formula is C17H26N2O2. The molecule has 0 aliphatic carbocycles. The molecule has 1 heterocycles. The van der Waals surface area contributed by atoms with E-state index in [1.165, 1.54) is 25.7 Å². The molecule has 1 aromatic rings. The Bertz CT molecular complexity index is 454. The van der Waals surface area contributed by atoms with Gasteiger partial charge in [0, 0.05) is 6.54 Å². The molecule has 1 aromatic carbocycles. The van der Waals surface area contributed by atoms with Gasteiger partial charge >= 0.3 is 0 Å². The van der Waals surface area contributed by atoms with Crippen molar-refractivity contribution in [1.82, 2.24) is 10.2 Å². The van der Waals surface area contributed by atoms with Crippen LogP contribution in [0.2, 0.25) is 0 Å². The Balaban J connectivity index is 1.85. The largest absolute Gasteiger partial charge is 0.497 e. The van der Waals surface area contributed by atoms with Crippen LogP contribution < -0.4 is 10.1 Å². The first kappa shape index (κ1) is 15.8. The molecule has 1 aliphatic heterocycles. The van der Waals surface area contributed by atoms with Gasteiger partial charge in [0.15, 0.2) is 0 Å². The molecule has 0 saturated carbocycles. The summed E-state index contributed by atoms with van der Waals surface area (Å²) in [4.78, 5) is 14.6. The van der Waals surface area contributed by atoms with Gasteiger partial charge in [0.1, 0.15) is 5.75 Å². The van der Waals surface area contributed by atoms with Crippen molar-refractivity contribution in [2.75, 3.05) is 20.2 Å². The number of hydrogen-bond donors (Lipinski definition) is 1. The van der Waals surface area contributed by atoms with Gasteiger partial charge in [0.25, 0.3) is 0 Å². The Morgan fingerprint density at radius 3 is 2.67 bits per heavy atom. The third-order valence-electron chi connectivity index (χ3n) is 4.17. The van der Waals surface area contributed by atoms with Crippen LogP contribution in [0.5, 0.6) is 5.75 Å². The molecule has 21 heavy (non-hydrogen) atoms.